The molecule has 0 atom stereocenters. The van der Waals surface area contributed by atoms with Crippen molar-refractivity contribution >= 4 is 17.2 Å². The second-order valence-electron chi connectivity index (χ2n) is 3.45. The van der Waals surface area contributed by atoms with Crippen molar-refractivity contribution in [2.24, 2.45) is 5.73 Å². The van der Waals surface area contributed by atoms with Crippen LogP contribution in [0.15, 0.2) is 11.4 Å². The largest absolute Gasteiger partial charge is 0.346 e. The minimum Gasteiger partial charge on any atom is -0.346 e. The van der Waals surface area contributed by atoms with Gasteiger partial charge in [-0.15, -0.1) is 11.3 Å². The Morgan fingerprint density at radius 3 is 2.79 bits per heavy atom. The highest BCUT2D eigenvalue weighted by Gasteiger charge is 2.40. The van der Waals surface area contributed by atoms with E-state index in [0.717, 1.165) is 11.3 Å². The monoisotopic (exact) mass is 294 g/mol. The van der Waals surface area contributed by atoms with E-state index in [-0.39, 0.29) is 12.1 Å². The molecule has 3 N–H and O–H groups in total. The van der Waals surface area contributed by atoms with Gasteiger partial charge in [0.25, 0.3) is 5.91 Å². The van der Waals surface area contributed by atoms with Crippen molar-refractivity contribution in [1.29, 1.82) is 0 Å². The van der Waals surface area contributed by atoms with Gasteiger partial charge in [0.15, 0.2) is 0 Å². The fourth-order valence-corrected chi connectivity index (χ4v) is 1.79. The predicted octanol–water partition coefficient (Wildman–Crippen LogP) is 1.69. The Bertz CT molecular complexity index is 504. The first-order valence-electron chi connectivity index (χ1n) is 5.08. The molecule has 0 radical (unpaired) electrons. The fourth-order valence-electron chi connectivity index (χ4n) is 1.04. The number of hydrogen-bond donors (Lipinski definition) is 2. The number of rotatable bonds is 4. The van der Waals surface area contributed by atoms with Crippen LogP contribution in [-0.2, 0) is 0 Å². The smallest absolute Gasteiger partial charge is 0.324 e. The average Bonchev–Trinajstić information content (AvgIpc) is 2.82. The van der Waals surface area contributed by atoms with E-state index in [2.05, 4.69) is 11.8 Å². The highest BCUT2D eigenvalue weighted by Crippen LogP contribution is 2.21. The van der Waals surface area contributed by atoms with E-state index >= 15 is 0 Å². The van der Waals surface area contributed by atoms with Crippen LogP contribution in [0, 0.1) is 11.8 Å². The van der Waals surface area contributed by atoms with Gasteiger partial charge in [0.1, 0.15) is 0 Å². The zero-order chi connectivity index (χ0) is 14.5. The molecule has 104 valence electrons. The van der Waals surface area contributed by atoms with Gasteiger partial charge in [-0.3, -0.25) is 4.79 Å². The maximum Gasteiger partial charge on any atom is 0.324 e. The second kappa shape index (κ2) is 6.54. The van der Waals surface area contributed by atoms with Crippen LogP contribution in [-0.4, -0.2) is 31.3 Å². The maximum atomic E-state index is 12.6. The molecule has 1 aromatic heterocycles. The molecule has 0 unspecified atom stereocenters. The first-order chi connectivity index (χ1) is 8.86. The average molecular weight is 294 g/mol. The first-order valence-corrected chi connectivity index (χ1v) is 5.96. The normalized spacial score (nSPS) is 11.1. The standard InChI is InChI=1S/C11H10F4N2OS/c12-10(13)11(14,15)6-17-9(18)7-4-8(19-5-7)2-1-3-16/h4-5,10H,3,6,16H2,(H,17,18). The molecular weight excluding hydrogens is 284 g/mol. The van der Waals surface area contributed by atoms with Crippen molar-refractivity contribution in [3.05, 3.63) is 21.9 Å². The van der Waals surface area contributed by atoms with Crippen molar-refractivity contribution in [2.75, 3.05) is 13.1 Å². The molecule has 1 heterocycles. The molecule has 0 aliphatic heterocycles. The van der Waals surface area contributed by atoms with E-state index in [4.69, 9.17) is 5.73 Å². The molecule has 0 aromatic carbocycles. The molecule has 0 saturated heterocycles. The van der Waals surface area contributed by atoms with Crippen LogP contribution in [0.3, 0.4) is 0 Å². The van der Waals surface area contributed by atoms with Gasteiger partial charge in [-0.25, -0.2) is 8.78 Å². The third kappa shape index (κ3) is 4.54. The molecule has 0 aliphatic carbocycles. The number of nitrogens with one attached hydrogen (secondary N) is 1. The summed E-state index contributed by atoms with van der Waals surface area (Å²) < 4.78 is 49.0. The SMILES string of the molecule is NCC#Cc1cc(C(=O)NCC(F)(F)C(F)F)cs1. The molecule has 0 saturated carbocycles. The van der Waals surface area contributed by atoms with E-state index < -0.39 is 24.8 Å². The lowest BCUT2D eigenvalue weighted by Gasteiger charge is -2.15. The molecule has 0 bridgehead atoms. The molecule has 1 amide bonds. The lowest BCUT2D eigenvalue weighted by atomic mass is 10.2. The van der Waals surface area contributed by atoms with E-state index in [1.165, 1.54) is 11.4 Å². The Morgan fingerprint density at radius 2 is 2.21 bits per heavy atom. The van der Waals surface area contributed by atoms with E-state index in [1.807, 2.05) is 0 Å². The Hall–Kier alpha value is -1.59. The van der Waals surface area contributed by atoms with Gasteiger partial charge in [0.05, 0.1) is 23.5 Å². The lowest BCUT2D eigenvalue weighted by molar-refractivity contribution is -0.123. The Kier molecular flexibility index (Phi) is 5.32. The third-order valence-corrected chi connectivity index (χ3v) is 2.82. The molecule has 3 nitrogen and oxygen atoms in total. The van der Waals surface area contributed by atoms with Gasteiger partial charge in [-0.05, 0) is 6.07 Å². The van der Waals surface area contributed by atoms with Crippen LogP contribution in [0.1, 0.15) is 15.2 Å². The van der Waals surface area contributed by atoms with Crippen LogP contribution < -0.4 is 11.1 Å². The van der Waals surface area contributed by atoms with E-state index in [0.29, 0.717) is 4.88 Å². The summed E-state index contributed by atoms with van der Waals surface area (Å²) in [4.78, 5) is 12.0. The summed E-state index contributed by atoms with van der Waals surface area (Å²) in [5, 5.41) is 3.15. The number of amides is 1. The van der Waals surface area contributed by atoms with Crippen molar-refractivity contribution < 1.29 is 22.4 Å². The summed E-state index contributed by atoms with van der Waals surface area (Å²) >= 11 is 1.13. The van der Waals surface area contributed by atoms with Gasteiger partial charge < -0.3 is 11.1 Å². The number of thiophene rings is 1. The van der Waals surface area contributed by atoms with Crippen molar-refractivity contribution in [1.82, 2.24) is 5.32 Å². The topological polar surface area (TPSA) is 55.1 Å². The quantitative estimate of drug-likeness (QED) is 0.656. The Morgan fingerprint density at radius 1 is 1.53 bits per heavy atom. The number of halogens is 4. The van der Waals surface area contributed by atoms with Gasteiger partial charge in [0.2, 0.25) is 0 Å². The second-order valence-corrected chi connectivity index (χ2v) is 4.36. The third-order valence-electron chi connectivity index (χ3n) is 1.98. The molecule has 19 heavy (non-hydrogen) atoms. The van der Waals surface area contributed by atoms with Crippen LogP contribution in [0.4, 0.5) is 17.6 Å². The molecular formula is C11H10F4N2OS. The lowest BCUT2D eigenvalue weighted by Crippen LogP contribution is -2.41. The molecule has 1 rings (SSSR count). The molecule has 1 aromatic rings. The molecule has 0 aliphatic rings. The van der Waals surface area contributed by atoms with Crippen LogP contribution in [0.2, 0.25) is 0 Å². The van der Waals surface area contributed by atoms with Gasteiger partial charge in [-0.2, -0.15) is 8.78 Å². The van der Waals surface area contributed by atoms with Crippen molar-refractivity contribution in [2.45, 2.75) is 12.3 Å². The minimum absolute atomic E-state index is 0.0939. The first kappa shape index (κ1) is 15.5. The minimum atomic E-state index is -4.24. The maximum absolute atomic E-state index is 12.6. The summed E-state index contributed by atoms with van der Waals surface area (Å²) in [5.41, 5.74) is 5.26. The number of nitrogens with two attached hydrogens (primary N) is 1. The Labute approximate surface area is 110 Å². The summed E-state index contributed by atoms with van der Waals surface area (Å²) in [6.07, 6.45) is -3.82. The van der Waals surface area contributed by atoms with Gasteiger partial charge >= 0.3 is 12.3 Å². The van der Waals surface area contributed by atoms with Crippen LogP contribution >= 0.6 is 11.3 Å². The summed E-state index contributed by atoms with van der Waals surface area (Å²) in [6.45, 7) is -1.26. The summed E-state index contributed by atoms with van der Waals surface area (Å²) in [5.74, 6) is 0.139. The number of hydrogen-bond acceptors (Lipinski definition) is 3. The van der Waals surface area contributed by atoms with Gasteiger partial charge in [-0.1, -0.05) is 11.8 Å². The highest BCUT2D eigenvalue weighted by molar-refractivity contribution is 7.10. The number of carbonyl (C=O) groups is 1. The van der Waals surface area contributed by atoms with Crippen molar-refractivity contribution in [3.63, 3.8) is 0 Å². The van der Waals surface area contributed by atoms with Gasteiger partial charge in [0, 0.05) is 5.38 Å². The summed E-state index contributed by atoms with van der Waals surface area (Å²) in [7, 11) is 0. The number of carbonyl (C=O) groups excluding carboxylic acids is 1. The zero-order valence-corrected chi connectivity index (χ0v) is 10.4. The van der Waals surface area contributed by atoms with E-state index in [1.54, 1.807) is 5.32 Å². The predicted molar refractivity (Wildman–Crippen MR) is 63.5 cm³/mol. The van der Waals surface area contributed by atoms with Crippen molar-refractivity contribution in [3.8, 4) is 11.8 Å². The zero-order valence-electron chi connectivity index (χ0n) is 9.55. The Balaban J connectivity index is 2.62. The fraction of sp³-hybridized carbons (Fsp3) is 0.364. The van der Waals surface area contributed by atoms with E-state index in [9.17, 15) is 22.4 Å². The molecule has 8 heteroatoms. The van der Waals surface area contributed by atoms with Crippen LogP contribution in [0.25, 0.3) is 0 Å². The highest BCUT2D eigenvalue weighted by atomic mass is 32.1. The number of alkyl halides is 4. The molecule has 0 spiro atoms. The summed E-state index contributed by atoms with van der Waals surface area (Å²) in [6, 6.07) is 1.38. The molecule has 0 fully saturated rings. The van der Waals surface area contributed by atoms with Crippen LogP contribution in [0.5, 0.6) is 0 Å².